The maximum Gasteiger partial charge on any atom is 0.255 e. The second-order valence-electron chi connectivity index (χ2n) is 7.37. The van der Waals surface area contributed by atoms with Crippen LogP contribution < -0.4 is 15.4 Å². The molecular weight excluding hydrogens is 436 g/mol. The van der Waals surface area contributed by atoms with E-state index in [2.05, 4.69) is 31.0 Å². The molecule has 0 aliphatic rings. The summed E-state index contributed by atoms with van der Waals surface area (Å²) in [5, 5.41) is 24.4. The summed E-state index contributed by atoms with van der Waals surface area (Å²) in [6.07, 6.45) is 1.81. The van der Waals surface area contributed by atoms with Crippen molar-refractivity contribution < 1.29 is 9.53 Å². The van der Waals surface area contributed by atoms with Crippen LogP contribution in [0.3, 0.4) is 0 Å². The molecule has 0 saturated heterocycles. The van der Waals surface area contributed by atoms with Gasteiger partial charge in [-0.25, -0.2) is 0 Å². The monoisotopic (exact) mass is 456 g/mol. The van der Waals surface area contributed by atoms with Gasteiger partial charge in [0.25, 0.3) is 5.91 Å². The van der Waals surface area contributed by atoms with Crippen LogP contribution in [0.25, 0.3) is 21.5 Å². The summed E-state index contributed by atoms with van der Waals surface area (Å²) in [5.41, 5.74) is 5.13. The normalized spacial score (nSPS) is 10.8. The molecule has 0 spiro atoms. The van der Waals surface area contributed by atoms with Gasteiger partial charge in [-0.3, -0.25) is 9.89 Å². The molecule has 164 valence electrons. The number of carbonyl (C=O) groups excluding carboxylic acids is 1. The number of ether oxygens (including phenoxy) is 1. The molecule has 5 rings (SSSR count). The van der Waals surface area contributed by atoms with Crippen molar-refractivity contribution in [3.8, 4) is 16.3 Å². The van der Waals surface area contributed by atoms with Crippen LogP contribution in [0.4, 0.5) is 16.5 Å². The van der Waals surface area contributed by atoms with E-state index in [1.807, 2.05) is 49.5 Å². The van der Waals surface area contributed by atoms with Gasteiger partial charge in [0.05, 0.1) is 18.8 Å². The number of aromatic amines is 1. The standard InChI is InChI=1S/C24H20N6O2S/c1-14-19-13-25-28-21(19)11-10-20(14)27-24-30-29-23(33-24)16-4-3-5-17(12-16)26-22(31)15-6-8-18(32-2)9-7-15/h3-13H,1-2H3,(H,25,28)(H,26,31)(H,27,30). The van der Waals surface area contributed by atoms with Crippen LogP contribution in [0, 0.1) is 6.92 Å². The highest BCUT2D eigenvalue weighted by molar-refractivity contribution is 7.18. The van der Waals surface area contributed by atoms with E-state index in [-0.39, 0.29) is 5.91 Å². The molecule has 0 aliphatic carbocycles. The van der Waals surface area contributed by atoms with E-state index < -0.39 is 0 Å². The number of fused-ring (bicyclic) bond motifs is 1. The molecule has 0 saturated carbocycles. The van der Waals surface area contributed by atoms with Crippen LogP contribution in [-0.2, 0) is 0 Å². The zero-order valence-electron chi connectivity index (χ0n) is 17.9. The molecule has 0 fully saturated rings. The number of amides is 1. The number of anilines is 3. The van der Waals surface area contributed by atoms with Crippen molar-refractivity contribution >= 4 is 44.7 Å². The fourth-order valence-corrected chi connectivity index (χ4v) is 4.23. The summed E-state index contributed by atoms with van der Waals surface area (Å²) in [6, 6.07) is 18.5. The Kier molecular flexibility index (Phi) is 5.45. The Morgan fingerprint density at radius 3 is 2.73 bits per heavy atom. The number of hydrogen-bond donors (Lipinski definition) is 3. The summed E-state index contributed by atoms with van der Waals surface area (Å²) in [7, 11) is 1.59. The van der Waals surface area contributed by atoms with Gasteiger partial charge in [-0.05, 0) is 61.0 Å². The minimum Gasteiger partial charge on any atom is -0.497 e. The topological polar surface area (TPSA) is 105 Å². The number of H-pyrrole nitrogens is 1. The van der Waals surface area contributed by atoms with Gasteiger partial charge in [0, 0.05) is 27.9 Å². The quantitative estimate of drug-likeness (QED) is 0.316. The Bertz CT molecular complexity index is 1440. The highest BCUT2D eigenvalue weighted by Gasteiger charge is 2.12. The minimum absolute atomic E-state index is 0.195. The van der Waals surface area contributed by atoms with E-state index in [4.69, 9.17) is 4.74 Å². The van der Waals surface area contributed by atoms with Crippen molar-refractivity contribution in [1.29, 1.82) is 0 Å². The van der Waals surface area contributed by atoms with Crippen LogP contribution in [0.5, 0.6) is 5.75 Å². The van der Waals surface area contributed by atoms with E-state index >= 15 is 0 Å². The smallest absolute Gasteiger partial charge is 0.255 e. The van der Waals surface area contributed by atoms with Crippen LogP contribution in [0.1, 0.15) is 15.9 Å². The van der Waals surface area contributed by atoms with E-state index in [0.717, 1.165) is 32.7 Å². The molecule has 0 aliphatic heterocycles. The van der Waals surface area contributed by atoms with Gasteiger partial charge in [-0.1, -0.05) is 23.5 Å². The third-order valence-electron chi connectivity index (χ3n) is 5.28. The van der Waals surface area contributed by atoms with Gasteiger partial charge < -0.3 is 15.4 Å². The Labute approximate surface area is 193 Å². The lowest BCUT2D eigenvalue weighted by Crippen LogP contribution is -2.11. The highest BCUT2D eigenvalue weighted by Crippen LogP contribution is 2.32. The number of nitrogens with one attached hydrogen (secondary N) is 3. The molecule has 0 radical (unpaired) electrons. The first-order valence-corrected chi connectivity index (χ1v) is 11.0. The molecule has 5 aromatic rings. The summed E-state index contributed by atoms with van der Waals surface area (Å²) in [4.78, 5) is 12.6. The van der Waals surface area contributed by atoms with Crippen molar-refractivity contribution in [2.75, 3.05) is 17.7 Å². The Hall–Kier alpha value is -4.24. The van der Waals surface area contributed by atoms with E-state index in [1.165, 1.54) is 11.3 Å². The lowest BCUT2D eigenvalue weighted by molar-refractivity contribution is 0.102. The van der Waals surface area contributed by atoms with Crippen molar-refractivity contribution in [2.24, 2.45) is 0 Å². The maximum atomic E-state index is 12.6. The third kappa shape index (κ3) is 4.26. The van der Waals surface area contributed by atoms with Crippen molar-refractivity contribution in [1.82, 2.24) is 20.4 Å². The van der Waals surface area contributed by atoms with E-state index in [9.17, 15) is 4.79 Å². The maximum absolute atomic E-state index is 12.6. The summed E-state index contributed by atoms with van der Waals surface area (Å²) in [5.74, 6) is 0.508. The van der Waals surface area contributed by atoms with Gasteiger partial charge in [0.2, 0.25) is 5.13 Å². The van der Waals surface area contributed by atoms with Crippen LogP contribution in [0.2, 0.25) is 0 Å². The largest absolute Gasteiger partial charge is 0.497 e. The van der Waals surface area contributed by atoms with Gasteiger partial charge >= 0.3 is 0 Å². The van der Waals surface area contributed by atoms with Crippen LogP contribution in [0.15, 0.2) is 66.9 Å². The lowest BCUT2D eigenvalue weighted by Gasteiger charge is -2.07. The highest BCUT2D eigenvalue weighted by atomic mass is 32.1. The van der Waals surface area contributed by atoms with E-state index in [0.29, 0.717) is 22.1 Å². The average Bonchev–Trinajstić information content (AvgIpc) is 3.51. The predicted octanol–water partition coefficient (Wildman–Crippen LogP) is 5.39. The predicted molar refractivity (Wildman–Crippen MR) is 130 cm³/mol. The van der Waals surface area contributed by atoms with Gasteiger partial charge in [0.1, 0.15) is 10.8 Å². The SMILES string of the molecule is COc1ccc(C(=O)Nc2cccc(-c3nnc(Nc4ccc5[nH]ncc5c4C)s3)c2)cc1. The Morgan fingerprint density at radius 2 is 1.91 bits per heavy atom. The fraction of sp³-hybridized carbons (Fsp3) is 0.0833. The molecule has 2 aromatic heterocycles. The van der Waals surface area contributed by atoms with Gasteiger partial charge in [0.15, 0.2) is 0 Å². The number of benzene rings is 3. The zero-order chi connectivity index (χ0) is 22.8. The Balaban J connectivity index is 1.32. The lowest BCUT2D eigenvalue weighted by atomic mass is 10.1. The second kappa shape index (κ2) is 8.71. The molecular formula is C24H20N6O2S. The van der Waals surface area contributed by atoms with Crippen LogP contribution in [-0.4, -0.2) is 33.4 Å². The number of methoxy groups -OCH3 is 1. The number of rotatable bonds is 6. The average molecular weight is 457 g/mol. The summed E-state index contributed by atoms with van der Waals surface area (Å²) in [6.45, 7) is 2.04. The second-order valence-corrected chi connectivity index (χ2v) is 8.35. The van der Waals surface area contributed by atoms with Crippen molar-refractivity contribution in [2.45, 2.75) is 6.92 Å². The number of aryl methyl sites for hydroxylation is 1. The number of carbonyl (C=O) groups is 1. The molecule has 2 heterocycles. The molecule has 0 atom stereocenters. The molecule has 33 heavy (non-hydrogen) atoms. The molecule has 8 nitrogen and oxygen atoms in total. The van der Waals surface area contributed by atoms with Crippen LogP contribution >= 0.6 is 11.3 Å². The summed E-state index contributed by atoms with van der Waals surface area (Å²) >= 11 is 1.44. The molecule has 0 unspecified atom stereocenters. The van der Waals surface area contributed by atoms with Crippen molar-refractivity contribution in [3.63, 3.8) is 0 Å². The van der Waals surface area contributed by atoms with Gasteiger partial charge in [-0.2, -0.15) is 5.10 Å². The summed E-state index contributed by atoms with van der Waals surface area (Å²) < 4.78 is 5.14. The number of hydrogen-bond acceptors (Lipinski definition) is 7. The Morgan fingerprint density at radius 1 is 1.06 bits per heavy atom. The first-order valence-electron chi connectivity index (χ1n) is 10.2. The van der Waals surface area contributed by atoms with Crippen molar-refractivity contribution in [3.05, 3.63) is 78.0 Å². The molecule has 3 aromatic carbocycles. The first kappa shape index (κ1) is 20.7. The number of aromatic nitrogens is 4. The minimum atomic E-state index is -0.195. The number of nitrogens with zero attached hydrogens (tertiary/aromatic N) is 3. The van der Waals surface area contributed by atoms with E-state index in [1.54, 1.807) is 31.4 Å². The molecule has 1 amide bonds. The first-order chi connectivity index (χ1) is 16.1. The fourth-order valence-electron chi connectivity index (χ4n) is 3.48. The van der Waals surface area contributed by atoms with Gasteiger partial charge in [-0.15, -0.1) is 10.2 Å². The molecule has 0 bridgehead atoms. The third-order valence-corrected chi connectivity index (χ3v) is 6.17. The molecule has 3 N–H and O–H groups in total. The zero-order valence-corrected chi connectivity index (χ0v) is 18.7. The molecule has 9 heteroatoms.